The average molecular weight is 346 g/mol. The standard InChI is InChI=1S/C17H21F3O4/c1-9-7-16(8-23-16)14(13(22-4)12(9)21)15(3)11(24-15)6-5-10(2)17(18,19)20/h5,7,11,13-14H,6,8H2,1-4H3. The summed E-state index contributed by atoms with van der Waals surface area (Å²) in [7, 11) is 1.46. The number of ether oxygens (including phenoxy) is 3. The van der Waals surface area contributed by atoms with Crippen LogP contribution in [0.25, 0.3) is 0 Å². The maximum atomic E-state index is 12.6. The zero-order chi connectivity index (χ0) is 17.9. The smallest absolute Gasteiger partial charge is 0.373 e. The van der Waals surface area contributed by atoms with E-state index in [1.165, 1.54) is 7.11 Å². The second-order valence-corrected chi connectivity index (χ2v) is 6.98. The largest absolute Gasteiger partial charge is 0.412 e. The van der Waals surface area contributed by atoms with Crippen molar-refractivity contribution in [2.45, 2.75) is 56.8 Å². The van der Waals surface area contributed by atoms with Crippen molar-refractivity contribution in [3.63, 3.8) is 0 Å². The molecular weight excluding hydrogens is 325 g/mol. The molecule has 3 rings (SSSR count). The molecule has 1 spiro atoms. The lowest BCUT2D eigenvalue weighted by Gasteiger charge is -2.35. The Hall–Kier alpha value is -1.18. The number of alkyl halides is 3. The SMILES string of the molecule is COC1C(=O)C(C)=CC2(CO2)C1C1(C)OC1CC=C(C)C(F)(F)F. The zero-order valence-electron chi connectivity index (χ0n) is 14.1. The van der Waals surface area contributed by atoms with Gasteiger partial charge in [-0.3, -0.25) is 4.79 Å². The van der Waals surface area contributed by atoms with Crippen molar-refractivity contribution in [3.8, 4) is 0 Å². The van der Waals surface area contributed by atoms with E-state index in [0.717, 1.165) is 13.0 Å². The van der Waals surface area contributed by atoms with Gasteiger partial charge < -0.3 is 14.2 Å². The molecular formula is C17H21F3O4. The lowest BCUT2D eigenvalue weighted by Crippen LogP contribution is -2.51. The number of carbonyl (C=O) groups excluding carboxylic acids is 1. The summed E-state index contributed by atoms with van der Waals surface area (Å²) in [6.45, 7) is 5.04. The first-order valence-electron chi connectivity index (χ1n) is 7.87. The van der Waals surface area contributed by atoms with Crippen molar-refractivity contribution in [1.82, 2.24) is 0 Å². The van der Waals surface area contributed by atoms with E-state index in [0.29, 0.717) is 12.2 Å². The molecule has 2 heterocycles. The van der Waals surface area contributed by atoms with Crippen molar-refractivity contribution in [2.24, 2.45) is 5.92 Å². The van der Waals surface area contributed by atoms with Gasteiger partial charge in [-0.1, -0.05) is 6.08 Å². The highest BCUT2D eigenvalue weighted by molar-refractivity contribution is 6.00. The number of allylic oxidation sites excluding steroid dienone is 1. The summed E-state index contributed by atoms with van der Waals surface area (Å²) < 4.78 is 54.6. The van der Waals surface area contributed by atoms with Crippen LogP contribution in [0, 0.1) is 5.92 Å². The normalized spacial score (nSPS) is 42.3. The summed E-state index contributed by atoms with van der Waals surface area (Å²) in [5.41, 5.74) is -1.40. The molecule has 5 atom stereocenters. The van der Waals surface area contributed by atoms with Crippen LogP contribution in [-0.2, 0) is 19.0 Å². The van der Waals surface area contributed by atoms with Crippen LogP contribution in [0.5, 0.6) is 0 Å². The number of hydrogen-bond donors (Lipinski definition) is 0. The van der Waals surface area contributed by atoms with E-state index in [2.05, 4.69) is 0 Å². The van der Waals surface area contributed by atoms with E-state index in [1.54, 1.807) is 13.0 Å². The van der Waals surface area contributed by atoms with E-state index < -0.39 is 35.2 Å². The first-order chi connectivity index (χ1) is 11.0. The molecule has 0 saturated carbocycles. The van der Waals surface area contributed by atoms with Crippen molar-refractivity contribution >= 4 is 5.78 Å². The van der Waals surface area contributed by atoms with Crippen LogP contribution in [0.3, 0.4) is 0 Å². The van der Waals surface area contributed by atoms with Crippen LogP contribution in [0.2, 0.25) is 0 Å². The molecule has 0 N–H and O–H groups in total. The summed E-state index contributed by atoms with van der Waals surface area (Å²) >= 11 is 0. The van der Waals surface area contributed by atoms with Crippen molar-refractivity contribution in [3.05, 3.63) is 23.3 Å². The van der Waals surface area contributed by atoms with Gasteiger partial charge in [-0.2, -0.15) is 13.2 Å². The van der Waals surface area contributed by atoms with Crippen LogP contribution < -0.4 is 0 Å². The van der Waals surface area contributed by atoms with E-state index in [-0.39, 0.29) is 18.1 Å². The van der Waals surface area contributed by atoms with Gasteiger partial charge in [0.15, 0.2) is 5.78 Å². The van der Waals surface area contributed by atoms with Crippen LogP contribution in [0.15, 0.2) is 23.3 Å². The van der Waals surface area contributed by atoms with Gasteiger partial charge >= 0.3 is 6.18 Å². The second-order valence-electron chi connectivity index (χ2n) is 6.98. The molecule has 2 aliphatic heterocycles. The Morgan fingerprint density at radius 2 is 2.12 bits per heavy atom. The van der Waals surface area contributed by atoms with Gasteiger partial charge in [-0.05, 0) is 38.8 Å². The van der Waals surface area contributed by atoms with E-state index in [9.17, 15) is 18.0 Å². The number of hydrogen-bond acceptors (Lipinski definition) is 4. The van der Waals surface area contributed by atoms with E-state index >= 15 is 0 Å². The summed E-state index contributed by atoms with van der Waals surface area (Å²) in [4.78, 5) is 12.4. The number of epoxide rings is 2. The molecule has 2 saturated heterocycles. The predicted octanol–water partition coefficient (Wildman–Crippen LogP) is 2.97. The quantitative estimate of drug-likeness (QED) is 0.580. The molecule has 0 aromatic rings. The van der Waals surface area contributed by atoms with Gasteiger partial charge in [0.1, 0.15) is 17.3 Å². The third-order valence-electron chi connectivity index (χ3n) is 5.35. The van der Waals surface area contributed by atoms with Gasteiger partial charge in [-0.15, -0.1) is 0 Å². The fraction of sp³-hybridized carbons (Fsp3) is 0.706. The Kier molecular flexibility index (Phi) is 3.97. The number of carbonyl (C=O) groups is 1. The third kappa shape index (κ3) is 2.72. The fourth-order valence-corrected chi connectivity index (χ4v) is 3.76. The van der Waals surface area contributed by atoms with E-state index in [4.69, 9.17) is 14.2 Å². The molecule has 0 radical (unpaired) electrons. The van der Waals surface area contributed by atoms with Gasteiger partial charge in [0.25, 0.3) is 0 Å². The average Bonchev–Trinajstić information content (AvgIpc) is 3.38. The Labute approximate surface area is 138 Å². The second kappa shape index (κ2) is 5.41. The minimum absolute atomic E-state index is 0.124. The summed E-state index contributed by atoms with van der Waals surface area (Å²) in [6.07, 6.45) is -2.35. The Morgan fingerprint density at radius 1 is 1.50 bits per heavy atom. The molecule has 1 aliphatic carbocycles. The molecule has 4 nitrogen and oxygen atoms in total. The maximum Gasteiger partial charge on any atom is 0.412 e. The Balaban J connectivity index is 1.80. The maximum absolute atomic E-state index is 12.6. The molecule has 0 aromatic carbocycles. The number of Topliss-reactive ketones (excluding diaryl/α,β-unsaturated/α-hetero) is 1. The highest BCUT2D eigenvalue weighted by Crippen LogP contribution is 2.57. The van der Waals surface area contributed by atoms with Crippen molar-refractivity contribution in [1.29, 1.82) is 0 Å². The number of rotatable bonds is 4. The number of methoxy groups -OCH3 is 1. The van der Waals surface area contributed by atoms with Gasteiger partial charge in [0.2, 0.25) is 0 Å². The number of ketones is 1. The molecule has 3 aliphatic rings. The Morgan fingerprint density at radius 3 is 2.62 bits per heavy atom. The predicted molar refractivity (Wildman–Crippen MR) is 79.4 cm³/mol. The van der Waals surface area contributed by atoms with Crippen LogP contribution in [-0.4, -0.2) is 49.1 Å². The summed E-state index contributed by atoms with van der Waals surface area (Å²) in [6, 6.07) is 0. The molecule has 7 heteroatoms. The first kappa shape index (κ1) is 17.6. The van der Waals surface area contributed by atoms with Crippen LogP contribution >= 0.6 is 0 Å². The highest BCUT2D eigenvalue weighted by Gasteiger charge is 2.71. The van der Waals surface area contributed by atoms with Gasteiger partial charge in [-0.25, -0.2) is 0 Å². The fourth-order valence-electron chi connectivity index (χ4n) is 3.76. The number of halogens is 3. The monoisotopic (exact) mass is 346 g/mol. The zero-order valence-corrected chi connectivity index (χ0v) is 14.1. The van der Waals surface area contributed by atoms with Crippen LogP contribution in [0.1, 0.15) is 27.2 Å². The van der Waals surface area contributed by atoms with Crippen LogP contribution in [0.4, 0.5) is 13.2 Å². The Bertz CT molecular complexity index is 618. The van der Waals surface area contributed by atoms with Crippen molar-refractivity contribution < 1.29 is 32.2 Å². The molecule has 0 amide bonds. The minimum atomic E-state index is -4.33. The van der Waals surface area contributed by atoms with Gasteiger partial charge in [0, 0.05) is 12.7 Å². The molecule has 5 unspecified atom stereocenters. The summed E-state index contributed by atoms with van der Waals surface area (Å²) in [5.74, 6) is -0.489. The molecule has 134 valence electrons. The molecule has 0 aromatic heterocycles. The molecule has 2 fully saturated rings. The topological polar surface area (TPSA) is 51.4 Å². The van der Waals surface area contributed by atoms with Gasteiger partial charge in [0.05, 0.1) is 18.6 Å². The minimum Gasteiger partial charge on any atom is -0.373 e. The lowest BCUT2D eigenvalue weighted by atomic mass is 9.70. The third-order valence-corrected chi connectivity index (χ3v) is 5.35. The highest BCUT2D eigenvalue weighted by atomic mass is 19.4. The van der Waals surface area contributed by atoms with Crippen molar-refractivity contribution in [2.75, 3.05) is 13.7 Å². The molecule has 0 bridgehead atoms. The lowest BCUT2D eigenvalue weighted by molar-refractivity contribution is -0.133. The molecule has 24 heavy (non-hydrogen) atoms. The van der Waals surface area contributed by atoms with E-state index in [1.807, 2.05) is 6.92 Å². The first-order valence-corrected chi connectivity index (χ1v) is 7.87. The summed E-state index contributed by atoms with van der Waals surface area (Å²) in [5, 5.41) is 0.